The van der Waals surface area contributed by atoms with Crippen molar-refractivity contribution in [1.29, 1.82) is 0 Å². The number of hydrogen-bond donors (Lipinski definition) is 1. The first-order chi connectivity index (χ1) is 11.3. The van der Waals surface area contributed by atoms with Crippen LogP contribution in [0.4, 0.5) is 0 Å². The Labute approximate surface area is 163 Å². The van der Waals surface area contributed by atoms with Crippen LogP contribution in [0.2, 0.25) is 0 Å². The Morgan fingerprint density at radius 2 is 1.80 bits per heavy atom. The van der Waals surface area contributed by atoms with E-state index in [1.807, 2.05) is 18.5 Å². The normalized spacial score (nSPS) is 10.4. The van der Waals surface area contributed by atoms with Gasteiger partial charge < -0.3 is 5.11 Å². The number of carbonyl (C=O) groups excluding carboxylic acids is 1. The Morgan fingerprint density at radius 3 is 2.20 bits per heavy atom. The number of aliphatic hydroxyl groups excluding tert-OH is 1. The van der Waals surface area contributed by atoms with Crippen LogP contribution in [0, 0.1) is 19.9 Å². The third-order valence-electron chi connectivity index (χ3n) is 3.32. The smallest absolute Gasteiger partial charge is 0.155 e. The second kappa shape index (κ2) is 11.7. The molecule has 137 valence electrons. The standard InChI is InChI=1S/C15H17N2.C5H8O2.Ir/c1-4-5-13-9-16-15(17-10-13)14-7-6-11(2)12(3)8-14;1-4(6)3-5(2)7;/h6,8-10H,4-5H2,1-3H3;3,6H,1-2H3;/q-1;;. The maximum atomic E-state index is 10.0. The molecule has 1 aromatic heterocycles. The van der Waals surface area contributed by atoms with Crippen LogP contribution in [0.3, 0.4) is 0 Å². The molecule has 0 atom stereocenters. The van der Waals surface area contributed by atoms with Gasteiger partial charge in [0.2, 0.25) is 0 Å². The summed E-state index contributed by atoms with van der Waals surface area (Å²) in [5.41, 5.74) is 4.66. The zero-order chi connectivity index (χ0) is 18.1. The minimum atomic E-state index is -0.125. The molecule has 1 heterocycles. The van der Waals surface area contributed by atoms with E-state index in [0.29, 0.717) is 0 Å². The number of rotatable bonds is 4. The fraction of sp³-hybridized carbons (Fsp3) is 0.350. The van der Waals surface area contributed by atoms with Gasteiger partial charge in [0.05, 0.1) is 11.6 Å². The number of carbonyl (C=O) groups is 1. The van der Waals surface area contributed by atoms with Crippen LogP contribution < -0.4 is 0 Å². The van der Waals surface area contributed by atoms with E-state index in [2.05, 4.69) is 42.9 Å². The molecule has 1 radical (unpaired) electrons. The second-order valence-corrected chi connectivity index (χ2v) is 5.77. The zero-order valence-corrected chi connectivity index (χ0v) is 17.8. The number of aromatic nitrogens is 2. The summed E-state index contributed by atoms with van der Waals surface area (Å²) in [6, 6.07) is 7.30. The molecule has 2 aromatic rings. The summed E-state index contributed by atoms with van der Waals surface area (Å²) in [4.78, 5) is 18.8. The first kappa shape index (κ1) is 23.2. The Morgan fingerprint density at radius 1 is 1.20 bits per heavy atom. The Kier molecular flexibility index (Phi) is 10.8. The van der Waals surface area contributed by atoms with Crippen LogP contribution in [-0.2, 0) is 31.3 Å². The molecule has 0 unspecified atom stereocenters. The molecule has 0 bridgehead atoms. The molecule has 0 fully saturated rings. The summed E-state index contributed by atoms with van der Waals surface area (Å²) < 4.78 is 0. The summed E-state index contributed by atoms with van der Waals surface area (Å²) in [6.45, 7) is 9.19. The van der Waals surface area contributed by atoms with E-state index < -0.39 is 0 Å². The van der Waals surface area contributed by atoms with E-state index in [-0.39, 0.29) is 31.6 Å². The van der Waals surface area contributed by atoms with E-state index in [1.54, 1.807) is 0 Å². The van der Waals surface area contributed by atoms with Crippen molar-refractivity contribution in [3.8, 4) is 11.4 Å². The fourth-order valence-corrected chi connectivity index (χ4v) is 2.01. The Bertz CT molecular complexity index is 706. The van der Waals surface area contributed by atoms with E-state index in [9.17, 15) is 4.79 Å². The minimum Gasteiger partial charge on any atom is -0.512 e. The van der Waals surface area contributed by atoms with E-state index in [0.717, 1.165) is 24.2 Å². The van der Waals surface area contributed by atoms with Gasteiger partial charge in [-0.15, -0.1) is 34.9 Å². The van der Waals surface area contributed by atoms with Gasteiger partial charge in [-0.3, -0.25) is 14.8 Å². The predicted octanol–water partition coefficient (Wildman–Crippen LogP) is 4.55. The maximum absolute atomic E-state index is 10.0. The molecule has 5 heteroatoms. The zero-order valence-electron chi connectivity index (χ0n) is 15.4. The van der Waals surface area contributed by atoms with Crippen LogP contribution in [0.1, 0.15) is 43.9 Å². The van der Waals surface area contributed by atoms with Crippen molar-refractivity contribution < 1.29 is 30.0 Å². The Hall–Kier alpha value is -1.84. The van der Waals surface area contributed by atoms with Crippen LogP contribution >= 0.6 is 0 Å². The molecular formula is C20H25IrN2O2-. The van der Waals surface area contributed by atoms with Crippen molar-refractivity contribution in [1.82, 2.24) is 9.97 Å². The monoisotopic (exact) mass is 518 g/mol. The van der Waals surface area contributed by atoms with Crippen molar-refractivity contribution in [2.45, 2.75) is 47.5 Å². The molecule has 0 saturated heterocycles. The van der Waals surface area contributed by atoms with Crippen molar-refractivity contribution in [3.05, 3.63) is 59.1 Å². The van der Waals surface area contributed by atoms with Gasteiger partial charge in [-0.2, -0.15) is 0 Å². The summed E-state index contributed by atoms with van der Waals surface area (Å²) >= 11 is 0. The molecule has 1 N–H and O–H groups in total. The number of benzene rings is 1. The molecule has 0 aliphatic heterocycles. The number of allylic oxidation sites excluding steroid dienone is 2. The van der Waals surface area contributed by atoms with Crippen molar-refractivity contribution >= 4 is 5.78 Å². The largest absolute Gasteiger partial charge is 0.512 e. The molecule has 2 rings (SSSR count). The van der Waals surface area contributed by atoms with Gasteiger partial charge in [0.1, 0.15) is 0 Å². The van der Waals surface area contributed by atoms with Crippen LogP contribution in [0.25, 0.3) is 11.4 Å². The van der Waals surface area contributed by atoms with E-state index in [1.165, 1.54) is 36.6 Å². The van der Waals surface area contributed by atoms with Gasteiger partial charge in [0, 0.05) is 38.6 Å². The molecule has 25 heavy (non-hydrogen) atoms. The number of aliphatic hydroxyl groups is 1. The second-order valence-electron chi connectivity index (χ2n) is 5.77. The Balaban J connectivity index is 0.000000620. The van der Waals surface area contributed by atoms with Crippen molar-refractivity contribution in [2.24, 2.45) is 0 Å². The molecule has 0 aliphatic rings. The summed E-state index contributed by atoms with van der Waals surface area (Å²) in [6.07, 6.45) is 7.15. The molecule has 0 aliphatic carbocycles. The predicted molar refractivity (Wildman–Crippen MR) is 96.8 cm³/mol. The van der Waals surface area contributed by atoms with Crippen LogP contribution in [-0.4, -0.2) is 20.9 Å². The third-order valence-corrected chi connectivity index (χ3v) is 3.32. The number of ketones is 1. The van der Waals surface area contributed by atoms with E-state index in [4.69, 9.17) is 5.11 Å². The fourth-order valence-electron chi connectivity index (χ4n) is 2.01. The van der Waals surface area contributed by atoms with Gasteiger partial charge in [-0.1, -0.05) is 27.2 Å². The number of aryl methyl sites for hydroxylation is 3. The number of hydrogen-bond acceptors (Lipinski definition) is 4. The molecule has 0 saturated carbocycles. The first-order valence-corrected chi connectivity index (χ1v) is 8.01. The minimum absolute atomic E-state index is 0. The molecule has 4 nitrogen and oxygen atoms in total. The van der Waals surface area contributed by atoms with Gasteiger partial charge in [0.15, 0.2) is 5.78 Å². The molecular weight excluding hydrogens is 492 g/mol. The molecule has 0 amide bonds. The van der Waals surface area contributed by atoms with Gasteiger partial charge in [-0.25, -0.2) is 0 Å². The van der Waals surface area contributed by atoms with Crippen molar-refractivity contribution in [3.63, 3.8) is 0 Å². The number of nitrogens with zero attached hydrogens (tertiary/aromatic N) is 2. The van der Waals surface area contributed by atoms with Gasteiger partial charge in [0.25, 0.3) is 0 Å². The van der Waals surface area contributed by atoms with Crippen molar-refractivity contribution in [2.75, 3.05) is 0 Å². The summed E-state index contributed by atoms with van der Waals surface area (Å²) in [7, 11) is 0. The average Bonchev–Trinajstić information content (AvgIpc) is 2.50. The summed E-state index contributed by atoms with van der Waals surface area (Å²) in [5, 5.41) is 8.36. The third kappa shape index (κ3) is 8.71. The average molecular weight is 518 g/mol. The first-order valence-electron chi connectivity index (χ1n) is 8.01. The van der Waals surface area contributed by atoms with Gasteiger partial charge in [-0.05, 0) is 25.8 Å². The maximum Gasteiger partial charge on any atom is 0.155 e. The SMILES string of the molecule is CC(=O)C=C(C)O.CCCc1cnc(-c2[c-]cc(C)c(C)c2)nc1.[Ir]. The van der Waals surface area contributed by atoms with E-state index >= 15 is 0 Å². The quantitative estimate of drug-likeness (QED) is 0.367. The molecule has 1 aromatic carbocycles. The molecule has 0 spiro atoms. The summed E-state index contributed by atoms with van der Waals surface area (Å²) in [5.74, 6) is 0.695. The van der Waals surface area contributed by atoms with Crippen LogP contribution in [0.15, 0.2) is 36.4 Å². The van der Waals surface area contributed by atoms with Crippen LogP contribution in [0.5, 0.6) is 0 Å². The van der Waals surface area contributed by atoms with Gasteiger partial charge >= 0.3 is 0 Å². The topological polar surface area (TPSA) is 63.1 Å².